The minimum Gasteiger partial charge on any atom is -0.427 e. The fourth-order valence-corrected chi connectivity index (χ4v) is 4.36. The topological polar surface area (TPSA) is 76.2 Å². The van der Waals surface area contributed by atoms with Gasteiger partial charge in [0.2, 0.25) is 5.91 Å². The number of carbonyl (C=O) groups excluding carboxylic acids is 1. The quantitative estimate of drug-likeness (QED) is 0.417. The van der Waals surface area contributed by atoms with Crippen molar-refractivity contribution in [1.29, 1.82) is 0 Å². The molecule has 1 N–H and O–H groups in total. The number of oxazole rings is 1. The zero-order chi connectivity index (χ0) is 22.6. The van der Waals surface area contributed by atoms with E-state index in [2.05, 4.69) is 15.2 Å². The predicted octanol–water partition coefficient (Wildman–Crippen LogP) is 4.48. The first-order valence-corrected chi connectivity index (χ1v) is 11.7. The molecule has 0 aliphatic carbocycles. The molecule has 7 nitrogen and oxygen atoms in total. The lowest BCUT2D eigenvalue weighted by Crippen LogP contribution is -2.33. The van der Waals surface area contributed by atoms with Gasteiger partial charge in [-0.2, -0.15) is 4.98 Å². The number of rotatable bonds is 8. The van der Waals surface area contributed by atoms with E-state index in [1.807, 2.05) is 53.1 Å². The molecular weight excluding hydrogens is 438 g/mol. The second kappa shape index (κ2) is 9.77. The molecule has 2 aromatic heterocycles. The van der Waals surface area contributed by atoms with E-state index in [9.17, 15) is 4.79 Å². The number of para-hydroxylation sites is 2. The van der Waals surface area contributed by atoms with Crippen LogP contribution in [0.4, 0.5) is 0 Å². The number of nitrogens with zero attached hydrogens (tertiary/aromatic N) is 4. The van der Waals surface area contributed by atoms with Crippen molar-refractivity contribution in [3.8, 4) is 17.3 Å². The Kier molecular flexibility index (Phi) is 6.41. The van der Waals surface area contributed by atoms with Gasteiger partial charge < -0.3 is 14.6 Å². The highest BCUT2D eigenvalue weighted by molar-refractivity contribution is 6.30. The molecule has 0 atom stereocenters. The zero-order valence-corrected chi connectivity index (χ0v) is 19.1. The van der Waals surface area contributed by atoms with Crippen molar-refractivity contribution in [2.45, 2.75) is 25.7 Å². The van der Waals surface area contributed by atoms with Crippen LogP contribution in [0.15, 0.2) is 59.3 Å². The molecule has 8 heteroatoms. The number of aromatic nitrogens is 3. The van der Waals surface area contributed by atoms with Crippen LogP contribution in [0, 0.1) is 0 Å². The van der Waals surface area contributed by atoms with Gasteiger partial charge >= 0.3 is 6.01 Å². The molecule has 2 aromatic carbocycles. The number of hydrogen-bond donors (Lipinski definition) is 1. The van der Waals surface area contributed by atoms with Crippen LogP contribution in [0.5, 0.6) is 0 Å². The summed E-state index contributed by atoms with van der Waals surface area (Å²) < 4.78 is 8.01. The summed E-state index contributed by atoms with van der Waals surface area (Å²) in [4.78, 5) is 24.1. The molecule has 33 heavy (non-hydrogen) atoms. The third-order valence-corrected chi connectivity index (χ3v) is 6.24. The molecule has 3 heterocycles. The summed E-state index contributed by atoms with van der Waals surface area (Å²) in [5.41, 5.74) is 3.38. The maximum atomic E-state index is 12.5. The Bertz CT molecular complexity index is 1240. The molecule has 5 rings (SSSR count). The van der Waals surface area contributed by atoms with Crippen LogP contribution in [0.3, 0.4) is 0 Å². The number of likely N-dealkylation sites (tertiary alicyclic amines) is 1. The highest BCUT2D eigenvalue weighted by Crippen LogP contribution is 2.29. The van der Waals surface area contributed by atoms with Crippen molar-refractivity contribution in [3.05, 3.63) is 65.6 Å². The summed E-state index contributed by atoms with van der Waals surface area (Å²) >= 11 is 6.08. The van der Waals surface area contributed by atoms with E-state index in [0.29, 0.717) is 41.9 Å². The second-order valence-corrected chi connectivity index (χ2v) is 8.71. The number of benzene rings is 2. The van der Waals surface area contributed by atoms with Gasteiger partial charge in [0.05, 0.1) is 11.0 Å². The molecular formula is C25H26ClN5O2. The summed E-state index contributed by atoms with van der Waals surface area (Å²) in [6.07, 6.45) is 4.99. The standard InChI is InChI=1S/C25H26ClN5O2/c26-19-9-7-18(8-10-19)24-22(11-12-23(32)27-13-16-30-14-3-4-15-30)33-25(29-24)31-17-28-20-5-1-2-6-21(20)31/h1-2,5-10,17H,3-4,11-16H2,(H,27,32). The van der Waals surface area contributed by atoms with Crippen molar-refractivity contribution < 1.29 is 9.21 Å². The van der Waals surface area contributed by atoms with Gasteiger partial charge in [-0.1, -0.05) is 35.9 Å². The van der Waals surface area contributed by atoms with Gasteiger partial charge in [0.15, 0.2) is 0 Å². The van der Waals surface area contributed by atoms with Gasteiger partial charge in [-0.15, -0.1) is 0 Å². The van der Waals surface area contributed by atoms with Gasteiger partial charge in [0, 0.05) is 36.5 Å². The third kappa shape index (κ3) is 4.94. The molecule has 0 bridgehead atoms. The van der Waals surface area contributed by atoms with Crippen molar-refractivity contribution in [1.82, 2.24) is 24.8 Å². The highest BCUT2D eigenvalue weighted by Gasteiger charge is 2.19. The van der Waals surface area contributed by atoms with E-state index in [1.165, 1.54) is 12.8 Å². The average molecular weight is 464 g/mol. The van der Waals surface area contributed by atoms with E-state index in [1.54, 1.807) is 6.33 Å². The van der Waals surface area contributed by atoms with Gasteiger partial charge in [-0.05, 0) is 50.2 Å². The molecule has 1 amide bonds. The SMILES string of the molecule is O=C(CCc1oc(-n2cnc3ccccc32)nc1-c1ccc(Cl)cc1)NCCN1CCCC1. The maximum Gasteiger partial charge on any atom is 0.308 e. The van der Waals surface area contributed by atoms with Crippen molar-refractivity contribution in [3.63, 3.8) is 0 Å². The Labute approximate surface area is 197 Å². The Morgan fingerprint density at radius 1 is 1.09 bits per heavy atom. The van der Waals surface area contributed by atoms with E-state index in [0.717, 1.165) is 36.2 Å². The van der Waals surface area contributed by atoms with Crippen LogP contribution in [-0.4, -0.2) is 51.5 Å². The second-order valence-electron chi connectivity index (χ2n) is 8.28. The predicted molar refractivity (Wildman–Crippen MR) is 129 cm³/mol. The average Bonchev–Trinajstić information content (AvgIpc) is 3.58. The number of hydrogen-bond acceptors (Lipinski definition) is 5. The fourth-order valence-electron chi connectivity index (χ4n) is 4.23. The number of amides is 1. The van der Waals surface area contributed by atoms with Crippen LogP contribution in [0.25, 0.3) is 28.3 Å². The Morgan fingerprint density at radius 2 is 1.88 bits per heavy atom. The molecule has 0 spiro atoms. The van der Waals surface area contributed by atoms with E-state index in [4.69, 9.17) is 21.0 Å². The number of nitrogens with one attached hydrogen (secondary N) is 1. The lowest BCUT2D eigenvalue weighted by Gasteiger charge is -2.14. The van der Waals surface area contributed by atoms with Crippen LogP contribution in [0.2, 0.25) is 5.02 Å². The number of aryl methyl sites for hydroxylation is 1. The summed E-state index contributed by atoms with van der Waals surface area (Å²) in [6.45, 7) is 3.83. The summed E-state index contributed by atoms with van der Waals surface area (Å²) in [5.74, 6) is 0.682. The monoisotopic (exact) mass is 463 g/mol. The molecule has 1 aliphatic heterocycles. The highest BCUT2D eigenvalue weighted by atomic mass is 35.5. The number of imidazole rings is 1. The third-order valence-electron chi connectivity index (χ3n) is 5.99. The van der Waals surface area contributed by atoms with Crippen LogP contribution < -0.4 is 5.32 Å². The molecule has 4 aromatic rings. The largest absolute Gasteiger partial charge is 0.427 e. The summed E-state index contributed by atoms with van der Waals surface area (Å²) in [7, 11) is 0. The molecule has 0 radical (unpaired) electrons. The first-order valence-electron chi connectivity index (χ1n) is 11.3. The smallest absolute Gasteiger partial charge is 0.308 e. The first-order chi connectivity index (χ1) is 16.2. The van der Waals surface area contributed by atoms with Crippen LogP contribution in [-0.2, 0) is 11.2 Å². The van der Waals surface area contributed by atoms with E-state index in [-0.39, 0.29) is 5.91 Å². The van der Waals surface area contributed by atoms with Crippen molar-refractivity contribution in [2.24, 2.45) is 0 Å². The molecule has 1 saturated heterocycles. The Hall–Kier alpha value is -3.16. The molecule has 1 fully saturated rings. The molecule has 0 saturated carbocycles. The molecule has 1 aliphatic rings. The van der Waals surface area contributed by atoms with Gasteiger partial charge in [-0.3, -0.25) is 9.36 Å². The summed E-state index contributed by atoms with van der Waals surface area (Å²) in [6, 6.07) is 15.7. The van der Waals surface area contributed by atoms with E-state index < -0.39 is 0 Å². The lowest BCUT2D eigenvalue weighted by molar-refractivity contribution is -0.121. The molecule has 0 unspecified atom stereocenters. The number of halogens is 1. The maximum absolute atomic E-state index is 12.5. The van der Waals surface area contributed by atoms with E-state index >= 15 is 0 Å². The first kappa shape index (κ1) is 21.7. The molecule has 170 valence electrons. The summed E-state index contributed by atoms with van der Waals surface area (Å²) in [5, 5.41) is 3.68. The van der Waals surface area contributed by atoms with Crippen LogP contribution >= 0.6 is 11.6 Å². The number of fused-ring (bicyclic) bond motifs is 1. The van der Waals surface area contributed by atoms with Gasteiger partial charge in [0.25, 0.3) is 0 Å². The van der Waals surface area contributed by atoms with Crippen LogP contribution in [0.1, 0.15) is 25.0 Å². The van der Waals surface area contributed by atoms with Gasteiger partial charge in [0.1, 0.15) is 17.8 Å². The lowest BCUT2D eigenvalue weighted by atomic mass is 10.1. The Balaban J connectivity index is 1.34. The minimum atomic E-state index is 0.0160. The Morgan fingerprint density at radius 3 is 2.70 bits per heavy atom. The van der Waals surface area contributed by atoms with Crippen molar-refractivity contribution >= 4 is 28.5 Å². The fraction of sp³-hybridized carbons (Fsp3) is 0.320. The number of carbonyl (C=O) groups is 1. The minimum absolute atomic E-state index is 0.0160. The normalized spacial score (nSPS) is 14.2. The van der Waals surface area contributed by atoms with Gasteiger partial charge in [-0.25, -0.2) is 4.98 Å². The van der Waals surface area contributed by atoms with Crippen molar-refractivity contribution in [2.75, 3.05) is 26.2 Å². The zero-order valence-electron chi connectivity index (χ0n) is 18.3.